The number of carbonyl (C=O) groups excluding carboxylic acids is 6. The summed E-state index contributed by atoms with van der Waals surface area (Å²) in [5.74, 6) is -8.18. The highest BCUT2D eigenvalue weighted by atomic mass is 16.4. The Hall–Kier alpha value is -4.36. The summed E-state index contributed by atoms with van der Waals surface area (Å²) >= 11 is 0. The molecule has 308 valence electrons. The average molecular weight is 772 g/mol. The van der Waals surface area contributed by atoms with Gasteiger partial charge in [0.2, 0.25) is 35.4 Å². The number of carbonyl (C=O) groups is 8. The Balaban J connectivity index is 3.19. The van der Waals surface area contributed by atoms with Crippen molar-refractivity contribution in [2.24, 2.45) is 23.5 Å². The van der Waals surface area contributed by atoms with E-state index in [9.17, 15) is 53.7 Å². The van der Waals surface area contributed by atoms with E-state index >= 15 is 0 Å². The van der Waals surface area contributed by atoms with Gasteiger partial charge in [-0.05, 0) is 63.7 Å². The van der Waals surface area contributed by atoms with E-state index < -0.39 is 108 Å². The van der Waals surface area contributed by atoms with E-state index in [1.165, 1.54) is 13.8 Å². The van der Waals surface area contributed by atoms with E-state index in [1.54, 1.807) is 13.8 Å². The van der Waals surface area contributed by atoms with Gasteiger partial charge in [0.05, 0.1) is 24.7 Å². The van der Waals surface area contributed by atoms with E-state index in [2.05, 4.69) is 26.6 Å². The summed E-state index contributed by atoms with van der Waals surface area (Å²) in [4.78, 5) is 104. The maximum atomic E-state index is 13.8. The van der Waals surface area contributed by atoms with Crippen molar-refractivity contribution in [1.29, 1.82) is 0 Å². The standard InChI is InChI=1S/C35H61N7O12/c1-16(2)12-21(36)29(47)37-23(14-18(5)6)31(49)41-28(20(8)44)34(52)42-11-9-10-25(42)32(50)40-27(19(7)43)33(51)38-22(13-17(3)4)30(48)39-24(35(53)54)15-26(45)46/h16-25,27-28,43-44H,9-15,36H2,1-8H3,(H,37,47)(H,38,51)(H,39,48)(H,40,50)(H,41,49)(H,45,46)(H,53,54)/t19-,20-,21+,22+,23+,24+,25+,27+,28+/m1/s1. The lowest BCUT2D eigenvalue weighted by atomic mass is 10.00. The highest BCUT2D eigenvalue weighted by Crippen LogP contribution is 2.20. The number of amides is 6. The highest BCUT2D eigenvalue weighted by Gasteiger charge is 2.42. The molecule has 19 heteroatoms. The molecule has 1 heterocycles. The molecule has 1 aliphatic heterocycles. The largest absolute Gasteiger partial charge is 0.481 e. The number of nitrogens with two attached hydrogens (primary N) is 1. The molecule has 6 amide bonds. The summed E-state index contributed by atoms with van der Waals surface area (Å²) in [7, 11) is 0. The number of rotatable bonds is 22. The molecule has 1 aliphatic rings. The molecule has 1 saturated heterocycles. The number of hydrogen-bond acceptors (Lipinski definition) is 11. The third-order valence-corrected chi connectivity index (χ3v) is 8.68. The van der Waals surface area contributed by atoms with Gasteiger partial charge in [-0.15, -0.1) is 0 Å². The molecule has 0 aliphatic carbocycles. The Morgan fingerprint density at radius 3 is 1.54 bits per heavy atom. The molecule has 0 aromatic rings. The summed E-state index contributed by atoms with van der Waals surface area (Å²) in [6.07, 6.45) is -2.84. The zero-order valence-electron chi connectivity index (χ0n) is 32.5. The summed E-state index contributed by atoms with van der Waals surface area (Å²) < 4.78 is 0. The number of carboxylic acids is 2. The minimum absolute atomic E-state index is 0.0126. The second-order valence-electron chi connectivity index (χ2n) is 15.3. The van der Waals surface area contributed by atoms with Crippen molar-refractivity contribution in [2.45, 2.75) is 148 Å². The van der Waals surface area contributed by atoms with Crippen molar-refractivity contribution in [3.05, 3.63) is 0 Å². The second kappa shape index (κ2) is 22.1. The number of nitrogens with zero attached hydrogens (tertiary/aromatic N) is 1. The normalized spacial score (nSPS) is 18.8. The molecule has 0 spiro atoms. The number of aliphatic carboxylic acids is 2. The van der Waals surface area contributed by atoms with Crippen molar-refractivity contribution >= 4 is 47.4 Å². The lowest BCUT2D eigenvalue weighted by Crippen LogP contribution is -2.62. The van der Waals surface area contributed by atoms with Gasteiger partial charge in [-0.25, -0.2) is 4.79 Å². The van der Waals surface area contributed by atoms with Crippen molar-refractivity contribution in [3.8, 4) is 0 Å². The molecular weight excluding hydrogens is 710 g/mol. The van der Waals surface area contributed by atoms with E-state index in [0.717, 1.165) is 4.90 Å². The zero-order chi connectivity index (χ0) is 41.6. The molecule has 19 nitrogen and oxygen atoms in total. The molecule has 9 atom stereocenters. The van der Waals surface area contributed by atoms with Gasteiger partial charge in [0.25, 0.3) is 0 Å². The molecule has 1 fully saturated rings. The number of aliphatic hydroxyl groups is 2. The molecular formula is C35H61N7O12. The third-order valence-electron chi connectivity index (χ3n) is 8.68. The van der Waals surface area contributed by atoms with Gasteiger partial charge in [0, 0.05) is 6.54 Å². The van der Waals surface area contributed by atoms with Crippen LogP contribution in [0.25, 0.3) is 0 Å². The molecule has 54 heavy (non-hydrogen) atoms. The number of carboxylic acid groups (broad SMARTS) is 2. The van der Waals surface area contributed by atoms with E-state index in [4.69, 9.17) is 10.8 Å². The lowest BCUT2D eigenvalue weighted by Gasteiger charge is -2.32. The molecule has 0 radical (unpaired) electrons. The molecule has 0 unspecified atom stereocenters. The van der Waals surface area contributed by atoms with Gasteiger partial charge >= 0.3 is 11.9 Å². The summed E-state index contributed by atoms with van der Waals surface area (Å²) in [5, 5.41) is 51.6. The smallest absolute Gasteiger partial charge is 0.326 e. The molecule has 11 N–H and O–H groups in total. The minimum atomic E-state index is -1.79. The Morgan fingerprint density at radius 1 is 0.630 bits per heavy atom. The summed E-state index contributed by atoms with van der Waals surface area (Å²) in [6, 6.07) is -9.48. The van der Waals surface area contributed by atoms with Crippen molar-refractivity contribution in [3.63, 3.8) is 0 Å². The zero-order valence-corrected chi connectivity index (χ0v) is 32.5. The van der Waals surface area contributed by atoms with Crippen LogP contribution in [0.1, 0.15) is 93.9 Å². The van der Waals surface area contributed by atoms with Crippen LogP contribution in [-0.4, -0.2) is 134 Å². The number of nitrogens with one attached hydrogen (secondary N) is 5. The fourth-order valence-electron chi connectivity index (χ4n) is 5.99. The molecule has 0 bridgehead atoms. The number of hydrogen-bond donors (Lipinski definition) is 10. The topological polar surface area (TPSA) is 307 Å². The Bertz CT molecular complexity index is 1340. The predicted octanol–water partition coefficient (Wildman–Crippen LogP) is -1.81. The average Bonchev–Trinajstić information content (AvgIpc) is 3.53. The Kier molecular flexibility index (Phi) is 19.5. The second-order valence-corrected chi connectivity index (χ2v) is 15.3. The van der Waals surface area contributed by atoms with Gasteiger partial charge in [-0.3, -0.25) is 33.6 Å². The van der Waals surface area contributed by atoms with Crippen LogP contribution >= 0.6 is 0 Å². The van der Waals surface area contributed by atoms with Crippen LogP contribution in [0.2, 0.25) is 0 Å². The first-order valence-electron chi connectivity index (χ1n) is 18.3. The first kappa shape index (κ1) is 47.7. The van der Waals surface area contributed by atoms with Crippen LogP contribution in [0.15, 0.2) is 0 Å². The highest BCUT2D eigenvalue weighted by molar-refractivity contribution is 5.97. The van der Waals surface area contributed by atoms with Crippen molar-refractivity contribution in [1.82, 2.24) is 31.5 Å². The van der Waals surface area contributed by atoms with Gasteiger partial charge in [0.1, 0.15) is 36.3 Å². The first-order chi connectivity index (χ1) is 25.0. The van der Waals surface area contributed by atoms with Crippen LogP contribution in [0.3, 0.4) is 0 Å². The molecule has 1 rings (SSSR count). The maximum Gasteiger partial charge on any atom is 0.326 e. The third kappa shape index (κ3) is 15.5. The van der Waals surface area contributed by atoms with E-state index in [1.807, 2.05) is 27.7 Å². The van der Waals surface area contributed by atoms with Gasteiger partial charge in [0.15, 0.2) is 0 Å². The fraction of sp³-hybridized carbons (Fsp3) is 0.771. The van der Waals surface area contributed by atoms with Crippen molar-refractivity contribution in [2.75, 3.05) is 6.54 Å². The van der Waals surface area contributed by atoms with E-state index in [0.29, 0.717) is 12.8 Å². The monoisotopic (exact) mass is 771 g/mol. The van der Waals surface area contributed by atoms with E-state index in [-0.39, 0.29) is 43.6 Å². The Morgan fingerprint density at radius 2 is 1.09 bits per heavy atom. The SMILES string of the molecule is CC(C)C[C@H](NC(=O)[C@@H](NC(=O)[C@@H]1CCCN1C(=O)[C@@H](NC(=O)[C@H](CC(C)C)NC(=O)[C@@H](N)CC(C)C)[C@@H](C)O)[C@@H](C)O)C(=O)N[C@@H](CC(=O)O)C(=O)O. The summed E-state index contributed by atoms with van der Waals surface area (Å²) in [6.45, 7) is 13.4. The van der Waals surface area contributed by atoms with Crippen LogP contribution in [0.5, 0.6) is 0 Å². The van der Waals surface area contributed by atoms with Crippen molar-refractivity contribution < 1.29 is 58.8 Å². The molecule has 0 aromatic carbocycles. The quantitative estimate of drug-likeness (QED) is 0.0581. The van der Waals surface area contributed by atoms with Crippen LogP contribution in [0.4, 0.5) is 0 Å². The van der Waals surface area contributed by atoms with Gasteiger partial charge in [-0.1, -0.05) is 41.5 Å². The fourth-order valence-corrected chi connectivity index (χ4v) is 5.99. The number of aliphatic hydroxyl groups excluding tert-OH is 2. The lowest BCUT2D eigenvalue weighted by molar-refractivity contribution is -0.147. The van der Waals surface area contributed by atoms with Gasteiger partial charge < -0.3 is 57.6 Å². The van der Waals surface area contributed by atoms with Crippen LogP contribution < -0.4 is 32.3 Å². The van der Waals surface area contributed by atoms with Crippen LogP contribution in [-0.2, 0) is 38.4 Å². The van der Waals surface area contributed by atoms with Crippen LogP contribution in [0, 0.1) is 17.8 Å². The van der Waals surface area contributed by atoms with Gasteiger partial charge in [-0.2, -0.15) is 0 Å². The minimum Gasteiger partial charge on any atom is -0.481 e. The Labute approximate surface area is 315 Å². The summed E-state index contributed by atoms with van der Waals surface area (Å²) in [5.41, 5.74) is 6.01. The molecule has 0 aromatic heterocycles. The predicted molar refractivity (Wildman–Crippen MR) is 194 cm³/mol. The maximum absolute atomic E-state index is 13.8. The first-order valence-corrected chi connectivity index (χ1v) is 18.3. The molecule has 0 saturated carbocycles. The number of likely N-dealkylation sites (tertiary alicyclic amines) is 1.